The third-order valence-electron chi connectivity index (χ3n) is 5.35. The van der Waals surface area contributed by atoms with Crippen LogP contribution in [-0.4, -0.2) is 36.3 Å². The second-order valence-corrected chi connectivity index (χ2v) is 7.23. The normalized spacial score (nSPS) is 18.3. The highest BCUT2D eigenvalue weighted by molar-refractivity contribution is 5.94. The number of hydrogen-bond acceptors (Lipinski definition) is 2. The quantitative estimate of drug-likeness (QED) is 0.816. The van der Waals surface area contributed by atoms with Gasteiger partial charge in [-0.05, 0) is 63.1 Å². The number of amides is 2. The molecular formula is C21H27FN2O2. The van der Waals surface area contributed by atoms with Crippen LogP contribution in [0.2, 0.25) is 0 Å². The van der Waals surface area contributed by atoms with Crippen molar-refractivity contribution in [3.8, 4) is 0 Å². The van der Waals surface area contributed by atoms with Crippen molar-refractivity contribution in [2.75, 3.05) is 19.6 Å². The SMILES string of the molecule is O=C(NCCC1=CCCCC1)C1CCN(C(=O)c2cccc(F)c2)CC1. The summed E-state index contributed by atoms with van der Waals surface area (Å²) >= 11 is 0. The molecule has 140 valence electrons. The van der Waals surface area contributed by atoms with Crippen LogP contribution in [0.3, 0.4) is 0 Å². The van der Waals surface area contributed by atoms with Crippen molar-refractivity contribution in [2.24, 2.45) is 5.92 Å². The molecule has 5 heteroatoms. The summed E-state index contributed by atoms with van der Waals surface area (Å²) in [7, 11) is 0. The molecule has 1 aromatic rings. The van der Waals surface area contributed by atoms with Crippen LogP contribution in [0.5, 0.6) is 0 Å². The van der Waals surface area contributed by atoms with Gasteiger partial charge in [-0.3, -0.25) is 9.59 Å². The zero-order valence-electron chi connectivity index (χ0n) is 15.2. The molecule has 0 spiro atoms. The number of hydrogen-bond donors (Lipinski definition) is 1. The molecule has 1 fully saturated rings. The molecule has 1 heterocycles. The summed E-state index contributed by atoms with van der Waals surface area (Å²) in [5.74, 6) is -0.503. The number of halogens is 1. The van der Waals surface area contributed by atoms with Gasteiger partial charge in [0.1, 0.15) is 5.82 Å². The van der Waals surface area contributed by atoms with Crippen molar-refractivity contribution in [1.29, 1.82) is 0 Å². The molecular weight excluding hydrogens is 331 g/mol. The van der Waals surface area contributed by atoms with Gasteiger partial charge in [-0.25, -0.2) is 4.39 Å². The van der Waals surface area contributed by atoms with E-state index in [4.69, 9.17) is 0 Å². The lowest BCUT2D eigenvalue weighted by Gasteiger charge is -2.31. The predicted octanol–water partition coefficient (Wildman–Crippen LogP) is 3.68. The van der Waals surface area contributed by atoms with Gasteiger partial charge in [0.2, 0.25) is 5.91 Å². The lowest BCUT2D eigenvalue weighted by molar-refractivity contribution is -0.126. The highest BCUT2D eigenvalue weighted by Gasteiger charge is 2.27. The maximum atomic E-state index is 13.3. The largest absolute Gasteiger partial charge is 0.356 e. The Morgan fingerprint density at radius 1 is 1.19 bits per heavy atom. The van der Waals surface area contributed by atoms with E-state index < -0.39 is 5.82 Å². The number of rotatable bonds is 5. The summed E-state index contributed by atoms with van der Waals surface area (Å²) in [6.45, 7) is 1.78. The van der Waals surface area contributed by atoms with Gasteiger partial charge in [0.05, 0.1) is 0 Å². The Bertz CT molecular complexity index is 678. The van der Waals surface area contributed by atoms with Crippen LogP contribution in [0.15, 0.2) is 35.9 Å². The third-order valence-corrected chi connectivity index (χ3v) is 5.35. The standard InChI is InChI=1S/C21H27FN2O2/c22-19-8-4-7-18(15-19)21(26)24-13-10-17(11-14-24)20(25)23-12-9-16-5-2-1-3-6-16/h4-5,7-8,15,17H,1-3,6,9-14H2,(H,23,25). The molecule has 0 radical (unpaired) electrons. The van der Waals surface area contributed by atoms with E-state index in [0.717, 1.165) is 12.8 Å². The Hall–Kier alpha value is -2.17. The number of allylic oxidation sites excluding steroid dienone is 1. The van der Waals surface area contributed by atoms with Gasteiger partial charge in [0.25, 0.3) is 5.91 Å². The van der Waals surface area contributed by atoms with Crippen molar-refractivity contribution in [1.82, 2.24) is 10.2 Å². The summed E-state index contributed by atoms with van der Waals surface area (Å²) in [5.41, 5.74) is 1.83. The van der Waals surface area contributed by atoms with Gasteiger partial charge >= 0.3 is 0 Å². The number of likely N-dealkylation sites (tertiary alicyclic amines) is 1. The smallest absolute Gasteiger partial charge is 0.253 e. The summed E-state index contributed by atoms with van der Waals surface area (Å²) in [4.78, 5) is 26.5. The van der Waals surface area contributed by atoms with E-state index >= 15 is 0 Å². The third kappa shape index (κ3) is 4.93. The fourth-order valence-corrected chi connectivity index (χ4v) is 3.77. The van der Waals surface area contributed by atoms with E-state index in [2.05, 4.69) is 11.4 Å². The maximum absolute atomic E-state index is 13.3. The zero-order chi connectivity index (χ0) is 18.4. The van der Waals surface area contributed by atoms with Crippen LogP contribution < -0.4 is 5.32 Å². The van der Waals surface area contributed by atoms with E-state index in [0.29, 0.717) is 38.0 Å². The first-order chi connectivity index (χ1) is 12.6. The monoisotopic (exact) mass is 358 g/mol. The molecule has 3 rings (SSSR count). The first-order valence-corrected chi connectivity index (χ1v) is 9.64. The Balaban J connectivity index is 1.42. The Morgan fingerprint density at radius 3 is 2.69 bits per heavy atom. The predicted molar refractivity (Wildman–Crippen MR) is 99.2 cm³/mol. The number of carbonyl (C=O) groups excluding carboxylic acids is 2. The number of nitrogens with one attached hydrogen (secondary N) is 1. The van der Waals surface area contributed by atoms with Crippen LogP contribution in [0.25, 0.3) is 0 Å². The van der Waals surface area contributed by atoms with E-state index in [-0.39, 0.29) is 17.7 Å². The highest BCUT2D eigenvalue weighted by atomic mass is 19.1. The summed E-state index contributed by atoms with van der Waals surface area (Å²) in [6, 6.07) is 5.77. The Kier molecular flexibility index (Phi) is 6.42. The molecule has 1 aliphatic heterocycles. The first-order valence-electron chi connectivity index (χ1n) is 9.64. The summed E-state index contributed by atoms with van der Waals surface area (Å²) in [6.07, 6.45) is 9.46. The fourth-order valence-electron chi connectivity index (χ4n) is 3.77. The molecule has 1 aromatic carbocycles. The zero-order valence-corrected chi connectivity index (χ0v) is 15.2. The van der Waals surface area contributed by atoms with Crippen LogP contribution in [0, 0.1) is 11.7 Å². The minimum atomic E-state index is -0.404. The van der Waals surface area contributed by atoms with Crippen molar-refractivity contribution in [3.63, 3.8) is 0 Å². The van der Waals surface area contributed by atoms with Crippen LogP contribution >= 0.6 is 0 Å². The van der Waals surface area contributed by atoms with Crippen LogP contribution in [0.1, 0.15) is 55.3 Å². The molecule has 0 bridgehead atoms. The van der Waals surface area contributed by atoms with Gasteiger partial charge in [-0.1, -0.05) is 17.7 Å². The van der Waals surface area contributed by atoms with E-state index in [9.17, 15) is 14.0 Å². The summed E-state index contributed by atoms with van der Waals surface area (Å²) in [5, 5.41) is 3.05. The second kappa shape index (κ2) is 8.97. The van der Waals surface area contributed by atoms with E-state index in [1.807, 2.05) is 0 Å². The van der Waals surface area contributed by atoms with E-state index in [1.54, 1.807) is 17.0 Å². The number of carbonyl (C=O) groups is 2. The number of nitrogens with zero attached hydrogens (tertiary/aromatic N) is 1. The maximum Gasteiger partial charge on any atom is 0.253 e. The lowest BCUT2D eigenvalue weighted by atomic mass is 9.94. The Morgan fingerprint density at radius 2 is 2.00 bits per heavy atom. The van der Waals surface area contributed by atoms with Crippen molar-refractivity contribution >= 4 is 11.8 Å². The first kappa shape index (κ1) is 18.6. The van der Waals surface area contributed by atoms with Gasteiger partial charge in [-0.2, -0.15) is 0 Å². The average Bonchev–Trinajstić information content (AvgIpc) is 2.68. The topological polar surface area (TPSA) is 49.4 Å². The molecule has 0 atom stereocenters. The van der Waals surface area contributed by atoms with Crippen LogP contribution in [0.4, 0.5) is 4.39 Å². The molecule has 1 N–H and O–H groups in total. The minimum Gasteiger partial charge on any atom is -0.356 e. The molecule has 0 aromatic heterocycles. The van der Waals surface area contributed by atoms with E-state index in [1.165, 1.54) is 37.0 Å². The second-order valence-electron chi connectivity index (χ2n) is 7.23. The Labute approximate surface area is 154 Å². The number of benzene rings is 1. The summed E-state index contributed by atoms with van der Waals surface area (Å²) < 4.78 is 13.3. The van der Waals surface area contributed by atoms with Gasteiger partial charge in [0, 0.05) is 31.1 Å². The minimum absolute atomic E-state index is 0.0353. The number of piperidine rings is 1. The van der Waals surface area contributed by atoms with Crippen molar-refractivity contribution in [3.05, 3.63) is 47.3 Å². The van der Waals surface area contributed by atoms with Crippen molar-refractivity contribution in [2.45, 2.75) is 44.9 Å². The van der Waals surface area contributed by atoms with Crippen LogP contribution in [-0.2, 0) is 4.79 Å². The van der Waals surface area contributed by atoms with Gasteiger partial charge < -0.3 is 10.2 Å². The molecule has 2 amide bonds. The molecule has 1 saturated heterocycles. The fraction of sp³-hybridized carbons (Fsp3) is 0.524. The molecule has 26 heavy (non-hydrogen) atoms. The molecule has 0 saturated carbocycles. The molecule has 4 nitrogen and oxygen atoms in total. The lowest BCUT2D eigenvalue weighted by Crippen LogP contribution is -2.43. The molecule has 0 unspecified atom stereocenters. The average molecular weight is 358 g/mol. The van der Waals surface area contributed by atoms with Gasteiger partial charge in [0.15, 0.2) is 0 Å². The van der Waals surface area contributed by atoms with Gasteiger partial charge in [-0.15, -0.1) is 0 Å². The van der Waals surface area contributed by atoms with Crippen molar-refractivity contribution < 1.29 is 14.0 Å². The molecule has 2 aliphatic rings. The molecule has 1 aliphatic carbocycles. The highest BCUT2D eigenvalue weighted by Crippen LogP contribution is 2.21.